The Hall–Kier alpha value is -1.88. The molecule has 1 heterocycles. The van der Waals surface area contributed by atoms with Crippen molar-refractivity contribution in [1.82, 2.24) is 0 Å². The summed E-state index contributed by atoms with van der Waals surface area (Å²) in [7, 11) is 1.58. The van der Waals surface area contributed by atoms with E-state index in [1.165, 1.54) is 0 Å². The second kappa shape index (κ2) is 5.64. The van der Waals surface area contributed by atoms with Gasteiger partial charge in [0.15, 0.2) is 0 Å². The Labute approximate surface area is 106 Å². The Bertz CT molecular complexity index is 471. The van der Waals surface area contributed by atoms with Crippen LogP contribution in [0.5, 0.6) is 0 Å². The zero-order valence-corrected chi connectivity index (χ0v) is 10.3. The van der Waals surface area contributed by atoms with Crippen molar-refractivity contribution in [1.29, 1.82) is 0 Å². The van der Waals surface area contributed by atoms with Crippen LogP contribution in [0.25, 0.3) is 0 Å². The number of rotatable bonds is 3. The molecule has 18 heavy (non-hydrogen) atoms. The van der Waals surface area contributed by atoms with Crippen molar-refractivity contribution < 1.29 is 14.7 Å². The minimum atomic E-state index is 0.0290. The third-order valence-electron chi connectivity index (χ3n) is 3.02. The number of benzene rings is 1. The van der Waals surface area contributed by atoms with E-state index >= 15 is 0 Å². The number of ether oxygens (including phenoxy) is 1. The SMILES string of the molecule is COCCC(=O)N1CCC(=NO)c2ccccc21. The quantitative estimate of drug-likeness (QED) is 0.653. The van der Waals surface area contributed by atoms with Crippen LogP contribution < -0.4 is 4.90 Å². The van der Waals surface area contributed by atoms with Crippen LogP contribution in [0, 0.1) is 0 Å². The number of nitrogens with zero attached hydrogens (tertiary/aromatic N) is 2. The molecule has 0 aliphatic carbocycles. The van der Waals surface area contributed by atoms with Crippen molar-refractivity contribution in [3.8, 4) is 0 Å². The van der Waals surface area contributed by atoms with E-state index in [1.807, 2.05) is 24.3 Å². The molecule has 1 N–H and O–H groups in total. The first-order valence-electron chi connectivity index (χ1n) is 5.87. The number of hydrogen-bond donors (Lipinski definition) is 1. The molecule has 0 aromatic heterocycles. The molecule has 0 unspecified atom stereocenters. The second-order valence-corrected chi connectivity index (χ2v) is 4.10. The maximum absolute atomic E-state index is 12.1. The van der Waals surface area contributed by atoms with E-state index in [9.17, 15) is 4.79 Å². The number of oxime groups is 1. The van der Waals surface area contributed by atoms with Crippen LogP contribution in [0.15, 0.2) is 29.4 Å². The third-order valence-corrected chi connectivity index (χ3v) is 3.02. The molecule has 0 fully saturated rings. The van der Waals surface area contributed by atoms with Crippen LogP contribution in [0.4, 0.5) is 5.69 Å². The van der Waals surface area contributed by atoms with Crippen LogP contribution in [-0.4, -0.2) is 37.1 Å². The highest BCUT2D eigenvalue weighted by atomic mass is 16.5. The zero-order chi connectivity index (χ0) is 13.0. The van der Waals surface area contributed by atoms with Gasteiger partial charge in [-0.15, -0.1) is 0 Å². The summed E-state index contributed by atoms with van der Waals surface area (Å²) in [5, 5.41) is 12.3. The van der Waals surface area contributed by atoms with Gasteiger partial charge >= 0.3 is 0 Å². The highest BCUT2D eigenvalue weighted by Crippen LogP contribution is 2.27. The minimum absolute atomic E-state index is 0.0290. The molecular weight excluding hydrogens is 232 g/mol. The molecule has 2 rings (SSSR count). The number of carbonyl (C=O) groups is 1. The van der Waals surface area contributed by atoms with Crippen molar-refractivity contribution in [2.75, 3.05) is 25.2 Å². The smallest absolute Gasteiger partial charge is 0.229 e. The first-order chi connectivity index (χ1) is 8.77. The van der Waals surface area contributed by atoms with E-state index in [0.29, 0.717) is 31.7 Å². The number of methoxy groups -OCH3 is 1. The molecule has 1 aliphatic rings. The van der Waals surface area contributed by atoms with E-state index in [1.54, 1.807) is 12.0 Å². The molecule has 0 spiro atoms. The van der Waals surface area contributed by atoms with Gasteiger partial charge in [-0.05, 0) is 6.07 Å². The molecule has 1 aliphatic heterocycles. The summed E-state index contributed by atoms with van der Waals surface area (Å²) in [5.41, 5.74) is 2.25. The first kappa shape index (κ1) is 12.6. The van der Waals surface area contributed by atoms with Gasteiger partial charge in [-0.1, -0.05) is 23.4 Å². The molecule has 5 nitrogen and oxygen atoms in total. The summed E-state index contributed by atoms with van der Waals surface area (Å²) in [5.74, 6) is 0.0290. The average molecular weight is 248 g/mol. The van der Waals surface area contributed by atoms with Gasteiger partial charge in [0, 0.05) is 25.6 Å². The van der Waals surface area contributed by atoms with Gasteiger partial charge in [-0.2, -0.15) is 0 Å². The molecule has 1 aromatic carbocycles. The van der Waals surface area contributed by atoms with Gasteiger partial charge in [0.25, 0.3) is 0 Å². The molecule has 1 aromatic rings. The molecule has 1 amide bonds. The lowest BCUT2D eigenvalue weighted by Crippen LogP contribution is -2.38. The van der Waals surface area contributed by atoms with Crippen LogP contribution in [0.3, 0.4) is 0 Å². The molecule has 0 saturated heterocycles. The van der Waals surface area contributed by atoms with Crippen molar-refractivity contribution in [3.63, 3.8) is 0 Å². The lowest BCUT2D eigenvalue weighted by Gasteiger charge is -2.29. The fourth-order valence-electron chi connectivity index (χ4n) is 2.11. The third kappa shape index (κ3) is 2.36. The van der Waals surface area contributed by atoms with Crippen LogP contribution in [0.1, 0.15) is 18.4 Å². The average Bonchev–Trinajstić information content (AvgIpc) is 2.43. The minimum Gasteiger partial charge on any atom is -0.411 e. The Morgan fingerprint density at radius 3 is 3.00 bits per heavy atom. The van der Waals surface area contributed by atoms with E-state index in [-0.39, 0.29) is 5.91 Å². The van der Waals surface area contributed by atoms with Gasteiger partial charge in [-0.25, -0.2) is 0 Å². The van der Waals surface area contributed by atoms with Gasteiger partial charge in [0.05, 0.1) is 24.4 Å². The number of anilines is 1. The number of para-hydroxylation sites is 1. The lowest BCUT2D eigenvalue weighted by molar-refractivity contribution is -0.119. The maximum atomic E-state index is 12.1. The van der Waals surface area contributed by atoms with E-state index in [0.717, 1.165) is 11.3 Å². The second-order valence-electron chi connectivity index (χ2n) is 4.10. The monoisotopic (exact) mass is 248 g/mol. The van der Waals surface area contributed by atoms with Crippen molar-refractivity contribution in [3.05, 3.63) is 29.8 Å². The van der Waals surface area contributed by atoms with Gasteiger partial charge in [0.1, 0.15) is 0 Å². The van der Waals surface area contributed by atoms with Crippen molar-refractivity contribution >= 4 is 17.3 Å². The number of carbonyl (C=O) groups excluding carboxylic acids is 1. The molecule has 0 saturated carbocycles. The molecule has 0 bridgehead atoms. The molecule has 0 radical (unpaired) electrons. The summed E-state index contributed by atoms with van der Waals surface area (Å²) in [6.45, 7) is 0.956. The summed E-state index contributed by atoms with van der Waals surface area (Å²) in [6, 6.07) is 7.47. The van der Waals surface area contributed by atoms with E-state index in [2.05, 4.69) is 5.16 Å². The van der Waals surface area contributed by atoms with Crippen molar-refractivity contribution in [2.45, 2.75) is 12.8 Å². The summed E-state index contributed by atoms with van der Waals surface area (Å²) in [6.07, 6.45) is 0.919. The number of amides is 1. The predicted octanol–water partition coefficient (Wildman–Crippen LogP) is 1.64. The van der Waals surface area contributed by atoms with Crippen LogP contribution in [-0.2, 0) is 9.53 Å². The van der Waals surface area contributed by atoms with Crippen LogP contribution in [0.2, 0.25) is 0 Å². The largest absolute Gasteiger partial charge is 0.411 e. The van der Waals surface area contributed by atoms with Gasteiger partial charge < -0.3 is 14.8 Å². The lowest BCUT2D eigenvalue weighted by atomic mass is 9.99. The predicted molar refractivity (Wildman–Crippen MR) is 68.2 cm³/mol. The van der Waals surface area contributed by atoms with Gasteiger partial charge in [-0.3, -0.25) is 4.79 Å². The first-order valence-corrected chi connectivity index (χ1v) is 5.87. The number of hydrogen-bond acceptors (Lipinski definition) is 4. The summed E-state index contributed by atoms with van der Waals surface area (Å²) >= 11 is 0. The zero-order valence-electron chi connectivity index (χ0n) is 10.3. The summed E-state index contributed by atoms with van der Waals surface area (Å²) in [4.78, 5) is 13.8. The number of fused-ring (bicyclic) bond motifs is 1. The molecule has 5 heteroatoms. The van der Waals surface area contributed by atoms with Gasteiger partial charge in [0.2, 0.25) is 5.91 Å². The highest BCUT2D eigenvalue weighted by molar-refractivity contribution is 6.11. The van der Waals surface area contributed by atoms with Crippen molar-refractivity contribution in [2.24, 2.45) is 5.16 Å². The Morgan fingerprint density at radius 2 is 2.28 bits per heavy atom. The highest BCUT2D eigenvalue weighted by Gasteiger charge is 2.25. The Balaban J connectivity index is 2.28. The molecule has 0 atom stereocenters. The van der Waals surface area contributed by atoms with E-state index < -0.39 is 0 Å². The van der Waals surface area contributed by atoms with Crippen LogP contribution >= 0.6 is 0 Å². The maximum Gasteiger partial charge on any atom is 0.229 e. The molecule has 96 valence electrons. The Morgan fingerprint density at radius 1 is 1.50 bits per heavy atom. The standard InChI is InChI=1S/C13H16N2O3/c1-18-9-7-13(16)15-8-6-11(14-17)10-4-2-3-5-12(10)15/h2-5,17H,6-9H2,1H3. The molecular formula is C13H16N2O3. The van der Waals surface area contributed by atoms with E-state index in [4.69, 9.17) is 9.94 Å². The topological polar surface area (TPSA) is 62.1 Å². The fourth-order valence-corrected chi connectivity index (χ4v) is 2.11. The fraction of sp³-hybridized carbons (Fsp3) is 0.385. The normalized spacial score (nSPS) is 16.7. The Kier molecular flexibility index (Phi) is 3.94. The summed E-state index contributed by atoms with van der Waals surface area (Å²) < 4.78 is 4.92.